The molecule has 0 atom stereocenters. The maximum Gasteiger partial charge on any atom is 0.225 e. The first-order valence-electron chi connectivity index (χ1n) is 4.29. The highest BCUT2D eigenvalue weighted by Gasteiger charge is 2.10. The second kappa shape index (κ2) is 3.67. The van der Waals surface area contributed by atoms with Crippen molar-refractivity contribution in [2.45, 2.75) is 6.92 Å². The van der Waals surface area contributed by atoms with Gasteiger partial charge in [-0.05, 0) is 30.8 Å². The van der Waals surface area contributed by atoms with E-state index in [0.29, 0.717) is 15.7 Å². The van der Waals surface area contributed by atoms with Gasteiger partial charge in [-0.3, -0.25) is 4.57 Å². The zero-order chi connectivity index (χ0) is 11.0. The zero-order valence-corrected chi connectivity index (χ0v) is 9.56. The summed E-state index contributed by atoms with van der Waals surface area (Å²) in [4.78, 5) is 0. The number of hydrogen-bond acceptors (Lipinski definition) is 3. The molecule has 0 saturated heterocycles. The van der Waals surface area contributed by atoms with Crippen LogP contribution in [0, 0.1) is 11.7 Å². The van der Waals surface area contributed by atoms with Crippen molar-refractivity contribution < 1.29 is 0 Å². The Morgan fingerprint density at radius 1 is 1.53 bits per heavy atom. The molecule has 1 aromatic heterocycles. The summed E-state index contributed by atoms with van der Waals surface area (Å²) < 4.78 is 2.05. The number of aryl methyl sites for hydroxylation is 1. The number of hydrogen-bond donors (Lipinski definition) is 2. The average molecular weight is 241 g/mol. The third-order valence-corrected chi connectivity index (χ3v) is 2.69. The van der Waals surface area contributed by atoms with Crippen LogP contribution in [0.2, 0.25) is 5.02 Å². The lowest BCUT2D eigenvalue weighted by molar-refractivity contribution is 1.02. The molecule has 0 aliphatic rings. The van der Waals surface area contributed by atoms with E-state index in [2.05, 4.69) is 10.2 Å². The molecule has 0 radical (unpaired) electrons. The van der Waals surface area contributed by atoms with Crippen molar-refractivity contribution in [3.05, 3.63) is 33.6 Å². The highest BCUT2D eigenvalue weighted by atomic mass is 35.5. The number of nitrogens with one attached hydrogen (secondary N) is 1. The van der Waals surface area contributed by atoms with Crippen LogP contribution in [0.25, 0.3) is 5.69 Å². The Labute approximate surface area is 96.7 Å². The summed E-state index contributed by atoms with van der Waals surface area (Å²) in [6.45, 7) is 1.94. The van der Waals surface area contributed by atoms with Crippen molar-refractivity contribution in [1.29, 1.82) is 0 Å². The number of para-hydroxylation sites is 1. The molecule has 3 N–H and O–H groups in total. The molecule has 1 heterocycles. The van der Waals surface area contributed by atoms with Gasteiger partial charge < -0.3 is 5.73 Å². The molecular weight excluding hydrogens is 232 g/mol. The van der Waals surface area contributed by atoms with Crippen LogP contribution >= 0.6 is 23.8 Å². The number of nitrogen functional groups attached to an aromatic ring is 1. The van der Waals surface area contributed by atoms with Crippen molar-refractivity contribution >= 4 is 29.8 Å². The van der Waals surface area contributed by atoms with Gasteiger partial charge in [-0.2, -0.15) is 0 Å². The highest BCUT2D eigenvalue weighted by molar-refractivity contribution is 7.71. The Morgan fingerprint density at radius 2 is 2.27 bits per heavy atom. The van der Waals surface area contributed by atoms with Crippen LogP contribution in [0.4, 0.5) is 5.95 Å². The molecule has 2 aromatic rings. The van der Waals surface area contributed by atoms with Crippen LogP contribution in [0.15, 0.2) is 18.2 Å². The quantitative estimate of drug-likeness (QED) is 0.753. The summed E-state index contributed by atoms with van der Waals surface area (Å²) >= 11 is 11.2. The first-order valence-corrected chi connectivity index (χ1v) is 5.08. The van der Waals surface area contributed by atoms with Gasteiger partial charge >= 0.3 is 0 Å². The van der Waals surface area contributed by atoms with E-state index in [9.17, 15) is 0 Å². The lowest BCUT2D eigenvalue weighted by atomic mass is 10.2. The summed E-state index contributed by atoms with van der Waals surface area (Å²) in [5.74, 6) is 0.302. The van der Waals surface area contributed by atoms with E-state index in [-0.39, 0.29) is 0 Å². The largest absolute Gasteiger partial charge is 0.368 e. The van der Waals surface area contributed by atoms with E-state index in [1.807, 2.05) is 19.1 Å². The monoisotopic (exact) mass is 240 g/mol. The van der Waals surface area contributed by atoms with Crippen molar-refractivity contribution in [3.8, 4) is 5.69 Å². The molecule has 0 saturated carbocycles. The van der Waals surface area contributed by atoms with Crippen LogP contribution in [0.1, 0.15) is 5.56 Å². The van der Waals surface area contributed by atoms with E-state index >= 15 is 0 Å². The van der Waals surface area contributed by atoms with Gasteiger partial charge in [0, 0.05) is 0 Å². The fourth-order valence-corrected chi connectivity index (χ4v) is 1.97. The maximum absolute atomic E-state index is 6.10. The van der Waals surface area contributed by atoms with Gasteiger partial charge in [0.25, 0.3) is 0 Å². The zero-order valence-electron chi connectivity index (χ0n) is 7.99. The summed E-state index contributed by atoms with van der Waals surface area (Å²) in [6.07, 6.45) is 0. The number of H-pyrrole nitrogens is 1. The minimum atomic E-state index is 0.302. The number of anilines is 1. The lowest BCUT2D eigenvalue weighted by Gasteiger charge is -2.09. The van der Waals surface area contributed by atoms with Crippen LogP contribution in [0.5, 0.6) is 0 Å². The molecule has 0 spiro atoms. The number of aromatic amines is 1. The van der Waals surface area contributed by atoms with E-state index in [1.54, 1.807) is 10.6 Å². The maximum atomic E-state index is 6.10. The number of nitrogens with two attached hydrogens (primary N) is 1. The standard InChI is InChI=1S/C9H9ClN4S/c1-5-3-2-4-6(10)7(5)14-8(11)12-13-9(14)15/h2-4H,1H3,(H2,11,12)(H,13,15). The van der Waals surface area contributed by atoms with Gasteiger partial charge in [0.2, 0.25) is 10.7 Å². The minimum Gasteiger partial charge on any atom is -0.368 e. The normalized spacial score (nSPS) is 10.5. The number of halogens is 1. The van der Waals surface area contributed by atoms with E-state index in [1.165, 1.54) is 0 Å². The first kappa shape index (κ1) is 10.2. The van der Waals surface area contributed by atoms with Crippen LogP contribution in [-0.2, 0) is 0 Å². The van der Waals surface area contributed by atoms with Gasteiger partial charge in [-0.25, -0.2) is 5.10 Å². The second-order valence-electron chi connectivity index (χ2n) is 3.13. The van der Waals surface area contributed by atoms with E-state index in [4.69, 9.17) is 29.6 Å². The van der Waals surface area contributed by atoms with Crippen LogP contribution in [0.3, 0.4) is 0 Å². The Morgan fingerprint density at radius 3 is 2.80 bits per heavy atom. The molecule has 6 heteroatoms. The molecule has 1 aromatic carbocycles. The minimum absolute atomic E-state index is 0.302. The van der Waals surface area contributed by atoms with Crippen molar-refractivity contribution in [1.82, 2.24) is 14.8 Å². The Hall–Kier alpha value is -1.33. The topological polar surface area (TPSA) is 59.6 Å². The third-order valence-electron chi connectivity index (χ3n) is 2.11. The molecule has 0 bridgehead atoms. The number of benzene rings is 1. The second-order valence-corrected chi connectivity index (χ2v) is 3.92. The number of rotatable bonds is 1. The average Bonchev–Trinajstić information content (AvgIpc) is 2.49. The van der Waals surface area contributed by atoms with Gasteiger partial charge in [0.1, 0.15) is 0 Å². The Balaban J connectivity index is 2.80. The summed E-state index contributed by atoms with van der Waals surface area (Å²) in [7, 11) is 0. The van der Waals surface area contributed by atoms with Gasteiger partial charge in [-0.15, -0.1) is 5.10 Å². The lowest BCUT2D eigenvalue weighted by Crippen LogP contribution is -2.03. The molecule has 4 nitrogen and oxygen atoms in total. The van der Waals surface area contributed by atoms with Crippen LogP contribution in [-0.4, -0.2) is 14.8 Å². The number of nitrogens with zero attached hydrogens (tertiary/aromatic N) is 2. The fourth-order valence-electron chi connectivity index (χ4n) is 1.43. The molecule has 0 amide bonds. The molecule has 15 heavy (non-hydrogen) atoms. The molecule has 0 unspecified atom stereocenters. The third kappa shape index (κ3) is 1.64. The molecule has 0 aliphatic heterocycles. The van der Waals surface area contributed by atoms with Gasteiger partial charge in [0.05, 0.1) is 10.7 Å². The van der Waals surface area contributed by atoms with Crippen molar-refractivity contribution in [2.24, 2.45) is 0 Å². The Bertz CT molecular complexity index is 537. The predicted molar refractivity (Wildman–Crippen MR) is 62.9 cm³/mol. The fraction of sp³-hybridized carbons (Fsp3) is 0.111. The van der Waals surface area contributed by atoms with Crippen LogP contribution < -0.4 is 5.73 Å². The van der Waals surface area contributed by atoms with Crippen molar-refractivity contribution in [3.63, 3.8) is 0 Å². The summed E-state index contributed by atoms with van der Waals surface area (Å²) in [5, 5.41) is 7.06. The van der Waals surface area contributed by atoms with Gasteiger partial charge in [-0.1, -0.05) is 23.7 Å². The van der Waals surface area contributed by atoms with E-state index in [0.717, 1.165) is 11.3 Å². The number of aromatic nitrogens is 3. The highest BCUT2D eigenvalue weighted by Crippen LogP contribution is 2.25. The summed E-state index contributed by atoms with van der Waals surface area (Å²) in [5.41, 5.74) is 7.47. The predicted octanol–water partition coefficient (Wildman–Crippen LogP) is 2.47. The van der Waals surface area contributed by atoms with E-state index < -0.39 is 0 Å². The SMILES string of the molecule is Cc1cccc(Cl)c1-n1c(N)n[nH]c1=S. The molecule has 2 rings (SSSR count). The smallest absolute Gasteiger partial charge is 0.225 e. The molecule has 0 fully saturated rings. The Kier molecular flexibility index (Phi) is 2.50. The molecule has 78 valence electrons. The first-order chi connectivity index (χ1) is 7.11. The molecular formula is C9H9ClN4S. The summed E-state index contributed by atoms with van der Waals surface area (Å²) in [6, 6.07) is 5.61. The molecule has 0 aliphatic carbocycles. The van der Waals surface area contributed by atoms with Gasteiger partial charge in [0.15, 0.2) is 0 Å². The van der Waals surface area contributed by atoms with Crippen molar-refractivity contribution in [2.75, 3.05) is 5.73 Å².